The van der Waals surface area contributed by atoms with Gasteiger partial charge in [0, 0.05) is 0 Å². The molecule has 0 radical (unpaired) electrons. The van der Waals surface area contributed by atoms with E-state index < -0.39 is 21.3 Å². The molecule has 0 nitrogen and oxygen atoms in total. The molecule has 0 spiro atoms. The SMILES string of the molecule is CCCC[C](CCCC)=[Zr]([C]1=CC=CC1)[c]1c2c(cc(C(C)(C)C)c1-c1cccc3ccccc13)-c1cc(C(C)(C)C)c(-c3cccc4ccccc34)cc1C2. The maximum absolute atomic E-state index is 2.70. The summed E-state index contributed by atoms with van der Waals surface area (Å²) in [6, 6.07) is 40.0. The zero-order chi connectivity index (χ0) is 39.2. The van der Waals surface area contributed by atoms with E-state index in [0.717, 1.165) is 12.8 Å². The predicted octanol–water partition coefficient (Wildman–Crippen LogP) is 15.1. The fraction of sp³-hybridized carbons (Fsp3) is 0.327. The van der Waals surface area contributed by atoms with E-state index in [1.165, 1.54) is 105 Å². The zero-order valence-corrected chi connectivity index (χ0v) is 37.7. The van der Waals surface area contributed by atoms with Gasteiger partial charge in [-0.25, -0.2) is 0 Å². The van der Waals surface area contributed by atoms with Crippen LogP contribution in [0.2, 0.25) is 0 Å². The van der Waals surface area contributed by atoms with Crippen molar-refractivity contribution in [3.63, 3.8) is 0 Å². The summed E-state index contributed by atoms with van der Waals surface area (Å²) in [4.78, 5) is 0. The van der Waals surface area contributed by atoms with Crippen LogP contribution in [0.4, 0.5) is 0 Å². The van der Waals surface area contributed by atoms with Crippen molar-refractivity contribution in [2.45, 2.75) is 118 Å². The van der Waals surface area contributed by atoms with Crippen LogP contribution in [-0.4, -0.2) is 3.21 Å². The van der Waals surface area contributed by atoms with Crippen LogP contribution in [0.1, 0.15) is 123 Å². The van der Waals surface area contributed by atoms with Gasteiger partial charge in [-0.05, 0) is 0 Å². The fourth-order valence-corrected chi connectivity index (χ4v) is 18.5. The first-order valence-electron chi connectivity index (χ1n) is 21.4. The molecule has 56 heavy (non-hydrogen) atoms. The summed E-state index contributed by atoms with van der Waals surface area (Å²) >= 11 is -2.70. The third kappa shape index (κ3) is 7.24. The summed E-state index contributed by atoms with van der Waals surface area (Å²) in [5, 5.41) is 5.37. The molecule has 0 atom stereocenters. The predicted molar refractivity (Wildman–Crippen MR) is 243 cm³/mol. The molecule has 0 aliphatic heterocycles. The Kier molecular flexibility index (Phi) is 11.0. The van der Waals surface area contributed by atoms with E-state index in [2.05, 4.69) is 177 Å². The average Bonchev–Trinajstić information content (AvgIpc) is 3.85. The molecule has 0 aromatic heterocycles. The molecule has 1 heteroatoms. The first-order chi connectivity index (χ1) is 27.0. The summed E-state index contributed by atoms with van der Waals surface area (Å²) in [7, 11) is 0. The Morgan fingerprint density at radius 2 is 1.16 bits per heavy atom. The number of hydrogen-bond acceptors (Lipinski definition) is 0. The van der Waals surface area contributed by atoms with Gasteiger partial charge < -0.3 is 0 Å². The molecule has 0 unspecified atom stereocenters. The van der Waals surface area contributed by atoms with E-state index in [1.54, 1.807) is 17.7 Å². The van der Waals surface area contributed by atoms with Gasteiger partial charge in [0.05, 0.1) is 0 Å². The monoisotopic (exact) mass is 810 g/mol. The molecule has 284 valence electrons. The number of allylic oxidation sites excluding steroid dienone is 4. The van der Waals surface area contributed by atoms with Crippen LogP contribution in [0.25, 0.3) is 54.9 Å². The summed E-state index contributed by atoms with van der Waals surface area (Å²) in [6.45, 7) is 19.4. The maximum atomic E-state index is 2.67. The second-order valence-corrected chi connectivity index (χ2v) is 24.9. The number of benzene rings is 6. The molecule has 0 saturated carbocycles. The van der Waals surface area contributed by atoms with Crippen LogP contribution < -0.4 is 3.27 Å². The molecule has 2 aliphatic carbocycles. The Morgan fingerprint density at radius 1 is 0.589 bits per heavy atom. The molecule has 0 amide bonds. The normalized spacial score (nSPS) is 13.7. The van der Waals surface area contributed by atoms with Crippen molar-refractivity contribution in [1.29, 1.82) is 0 Å². The number of fused-ring (bicyclic) bond motifs is 5. The quantitative estimate of drug-likeness (QED) is 0.129. The summed E-state index contributed by atoms with van der Waals surface area (Å²) < 4.78 is 5.49. The van der Waals surface area contributed by atoms with Gasteiger partial charge in [-0.1, -0.05) is 0 Å². The summed E-state index contributed by atoms with van der Waals surface area (Å²) in [5.41, 5.74) is 14.8. The Balaban J connectivity index is 1.51. The van der Waals surface area contributed by atoms with Gasteiger partial charge in [0.2, 0.25) is 0 Å². The molecule has 0 saturated heterocycles. The summed E-state index contributed by atoms with van der Waals surface area (Å²) in [6.07, 6.45) is 17.1. The number of unbranched alkanes of at least 4 members (excludes halogenated alkanes) is 2. The van der Waals surface area contributed by atoms with E-state index in [1.807, 2.05) is 3.21 Å². The Morgan fingerprint density at radius 3 is 1.75 bits per heavy atom. The first kappa shape index (κ1) is 38.9. The van der Waals surface area contributed by atoms with E-state index in [4.69, 9.17) is 0 Å². The van der Waals surface area contributed by atoms with Crippen molar-refractivity contribution in [2.75, 3.05) is 0 Å². The third-order valence-electron chi connectivity index (χ3n) is 12.5. The van der Waals surface area contributed by atoms with Crippen LogP contribution >= 0.6 is 0 Å². The van der Waals surface area contributed by atoms with Gasteiger partial charge in [0.15, 0.2) is 0 Å². The van der Waals surface area contributed by atoms with Crippen molar-refractivity contribution in [3.8, 4) is 33.4 Å². The topological polar surface area (TPSA) is 0 Å². The van der Waals surface area contributed by atoms with Crippen LogP contribution in [0.3, 0.4) is 0 Å². The van der Waals surface area contributed by atoms with Gasteiger partial charge in [-0.2, -0.15) is 0 Å². The zero-order valence-electron chi connectivity index (χ0n) is 35.2. The second-order valence-electron chi connectivity index (χ2n) is 18.5. The first-order valence-corrected chi connectivity index (χ1v) is 25.1. The minimum atomic E-state index is -2.70. The van der Waals surface area contributed by atoms with Gasteiger partial charge in [0.25, 0.3) is 0 Å². The van der Waals surface area contributed by atoms with Gasteiger partial charge in [-0.3, -0.25) is 0 Å². The van der Waals surface area contributed by atoms with E-state index >= 15 is 0 Å². The number of hydrogen-bond donors (Lipinski definition) is 0. The van der Waals surface area contributed by atoms with E-state index in [0.29, 0.717) is 0 Å². The number of rotatable bonds is 10. The minimum absolute atomic E-state index is 0.0227. The van der Waals surface area contributed by atoms with Crippen molar-refractivity contribution in [3.05, 3.63) is 147 Å². The molecule has 6 aromatic rings. The molecule has 2 aliphatic rings. The molecule has 0 bridgehead atoms. The molecule has 0 fully saturated rings. The van der Waals surface area contributed by atoms with E-state index in [-0.39, 0.29) is 10.8 Å². The van der Waals surface area contributed by atoms with Crippen molar-refractivity contribution >= 4 is 28.0 Å². The Labute approximate surface area is 344 Å². The molecule has 6 aromatic carbocycles. The Bertz CT molecular complexity index is 2540. The van der Waals surface area contributed by atoms with Crippen molar-refractivity contribution in [1.82, 2.24) is 0 Å². The van der Waals surface area contributed by atoms with E-state index in [9.17, 15) is 0 Å². The van der Waals surface area contributed by atoms with Crippen LogP contribution in [0.15, 0.2) is 125 Å². The van der Waals surface area contributed by atoms with Gasteiger partial charge >= 0.3 is 347 Å². The standard InChI is InChI=1S/C41H37.C9H18.C5H5.Zr/c1-40(2,3)38-24-34-28(22-36(38)32-19-11-15-26-13-7-9-17-30(26)32)21-29-23-37(39(25-35(29)34)41(4,5)6)33-20-12-16-27-14-8-10-18-31(27)33;1-3-5-7-9-8-6-4-2;1-2-4-5-3-1;/h7-20,22,24-25H,21H2,1-6H3;3-8H2,1-2H3;1-3H,4H2;. The van der Waals surface area contributed by atoms with Gasteiger partial charge in [-0.15, -0.1) is 0 Å². The van der Waals surface area contributed by atoms with Crippen molar-refractivity contribution in [2.24, 2.45) is 0 Å². The Hall–Kier alpha value is -3.93. The molecular formula is C55H60Zr. The molecule has 8 rings (SSSR count). The molecule has 0 N–H and O–H groups in total. The van der Waals surface area contributed by atoms with Crippen molar-refractivity contribution < 1.29 is 21.3 Å². The van der Waals surface area contributed by atoms with Crippen LogP contribution in [0.5, 0.6) is 0 Å². The second kappa shape index (κ2) is 15.8. The fourth-order valence-electron chi connectivity index (χ4n) is 9.63. The van der Waals surface area contributed by atoms with Gasteiger partial charge in [0.1, 0.15) is 0 Å². The molecule has 0 heterocycles. The summed E-state index contributed by atoms with van der Waals surface area (Å²) in [5.74, 6) is 0. The average molecular weight is 812 g/mol. The van der Waals surface area contributed by atoms with Crippen LogP contribution in [0, 0.1) is 0 Å². The molecular weight excluding hydrogens is 752 g/mol. The van der Waals surface area contributed by atoms with Crippen LogP contribution in [-0.2, 0) is 38.5 Å². The third-order valence-corrected chi connectivity index (χ3v) is 20.5.